The van der Waals surface area contributed by atoms with Gasteiger partial charge >= 0.3 is 0 Å². The second kappa shape index (κ2) is 4.18. The predicted molar refractivity (Wildman–Crippen MR) is 64.0 cm³/mol. The topological polar surface area (TPSA) is 38.2 Å². The predicted octanol–water partition coefficient (Wildman–Crippen LogP) is 2.05. The van der Waals surface area contributed by atoms with Crippen molar-refractivity contribution < 1.29 is 4.74 Å². The molecule has 0 unspecified atom stereocenters. The van der Waals surface area contributed by atoms with Gasteiger partial charge in [0.2, 0.25) is 0 Å². The number of hydrogen-bond acceptors (Lipinski definition) is 4. The van der Waals surface area contributed by atoms with Crippen molar-refractivity contribution in [2.24, 2.45) is 0 Å². The third-order valence-electron chi connectivity index (χ3n) is 2.90. The second-order valence-corrected chi connectivity index (χ2v) is 4.99. The molecule has 2 rings (SSSR count). The molecule has 0 aromatic carbocycles. The van der Waals surface area contributed by atoms with Gasteiger partial charge in [-0.1, -0.05) is 11.6 Å². The van der Waals surface area contributed by atoms with Crippen LogP contribution in [-0.4, -0.2) is 35.3 Å². The molecule has 1 aliphatic heterocycles. The number of rotatable bonds is 1. The summed E-state index contributed by atoms with van der Waals surface area (Å²) in [4.78, 5) is 10.5. The van der Waals surface area contributed by atoms with Gasteiger partial charge in [0.25, 0.3) is 0 Å². The lowest BCUT2D eigenvalue weighted by atomic mass is 10.0. The summed E-state index contributed by atoms with van der Waals surface area (Å²) in [5, 5.41) is 0.521. The summed E-state index contributed by atoms with van der Waals surface area (Å²) in [6, 6.07) is 0. The minimum absolute atomic E-state index is 0.0549. The number of aromatic nitrogens is 2. The Bertz CT molecular complexity index is 395. The molecule has 1 aliphatic rings. The van der Waals surface area contributed by atoms with Gasteiger partial charge < -0.3 is 9.64 Å². The van der Waals surface area contributed by atoms with Crippen LogP contribution in [0.3, 0.4) is 0 Å². The van der Waals surface area contributed by atoms with E-state index in [-0.39, 0.29) is 5.54 Å². The molecule has 0 N–H and O–H groups in total. The van der Waals surface area contributed by atoms with E-state index in [0.29, 0.717) is 11.8 Å². The summed E-state index contributed by atoms with van der Waals surface area (Å²) in [6.07, 6.45) is 1.51. The third kappa shape index (κ3) is 1.99. The van der Waals surface area contributed by atoms with Crippen LogP contribution in [-0.2, 0) is 4.74 Å². The summed E-state index contributed by atoms with van der Waals surface area (Å²) < 4.78 is 5.49. The van der Waals surface area contributed by atoms with Crippen molar-refractivity contribution in [3.8, 4) is 0 Å². The molecule has 0 atom stereocenters. The van der Waals surface area contributed by atoms with Crippen LogP contribution in [0.4, 0.5) is 5.82 Å². The van der Waals surface area contributed by atoms with Crippen LogP contribution in [0.15, 0.2) is 6.33 Å². The third-order valence-corrected chi connectivity index (χ3v) is 3.28. The van der Waals surface area contributed by atoms with Crippen LogP contribution in [0.5, 0.6) is 0 Å². The molecule has 1 saturated heterocycles. The average Bonchev–Trinajstić information content (AvgIpc) is 2.22. The zero-order valence-electron chi connectivity index (χ0n) is 9.83. The van der Waals surface area contributed by atoms with Crippen LogP contribution in [0, 0.1) is 6.92 Å². The number of halogens is 1. The lowest BCUT2D eigenvalue weighted by Crippen LogP contribution is -2.53. The number of anilines is 1. The maximum Gasteiger partial charge on any atom is 0.137 e. The molecule has 1 fully saturated rings. The zero-order valence-corrected chi connectivity index (χ0v) is 10.6. The normalized spacial score (nSPS) is 19.9. The second-order valence-electron chi connectivity index (χ2n) is 4.63. The van der Waals surface area contributed by atoms with Crippen LogP contribution in [0.25, 0.3) is 0 Å². The monoisotopic (exact) mass is 241 g/mol. The van der Waals surface area contributed by atoms with E-state index in [2.05, 4.69) is 28.7 Å². The van der Waals surface area contributed by atoms with Crippen molar-refractivity contribution in [3.63, 3.8) is 0 Å². The first-order chi connectivity index (χ1) is 7.52. The van der Waals surface area contributed by atoms with E-state index in [9.17, 15) is 0 Å². The zero-order chi connectivity index (χ0) is 11.8. The van der Waals surface area contributed by atoms with Crippen molar-refractivity contribution in [3.05, 3.63) is 17.0 Å². The van der Waals surface area contributed by atoms with Gasteiger partial charge in [-0.15, -0.1) is 0 Å². The van der Waals surface area contributed by atoms with Crippen LogP contribution in [0.1, 0.15) is 19.4 Å². The lowest BCUT2D eigenvalue weighted by molar-refractivity contribution is 0.0638. The van der Waals surface area contributed by atoms with Crippen LogP contribution < -0.4 is 4.90 Å². The number of nitrogens with zero attached hydrogens (tertiary/aromatic N) is 3. The molecule has 16 heavy (non-hydrogen) atoms. The summed E-state index contributed by atoms with van der Waals surface area (Å²) in [6.45, 7) is 8.49. The standard InChI is InChI=1S/C11H16ClN3O/c1-8-9(12)13-7-14-10(8)15-4-5-16-6-11(15,2)3/h7H,4-6H2,1-3H3. The SMILES string of the molecule is Cc1c(Cl)ncnc1N1CCOCC1(C)C. The Morgan fingerprint density at radius 1 is 1.44 bits per heavy atom. The minimum Gasteiger partial charge on any atom is -0.377 e. The summed E-state index contributed by atoms with van der Waals surface area (Å²) >= 11 is 6.02. The van der Waals surface area contributed by atoms with Crippen LogP contribution in [0.2, 0.25) is 5.15 Å². The molecule has 88 valence electrons. The largest absolute Gasteiger partial charge is 0.377 e. The molecule has 1 aromatic rings. The highest BCUT2D eigenvalue weighted by Crippen LogP contribution is 2.29. The van der Waals surface area contributed by atoms with Gasteiger partial charge in [0.1, 0.15) is 17.3 Å². The molecule has 0 bridgehead atoms. The van der Waals surface area contributed by atoms with Gasteiger partial charge in [-0.25, -0.2) is 9.97 Å². The highest BCUT2D eigenvalue weighted by molar-refractivity contribution is 6.30. The Labute approximate surface area is 101 Å². The summed E-state index contributed by atoms with van der Waals surface area (Å²) in [5.74, 6) is 0.910. The molecule has 0 aliphatic carbocycles. The van der Waals surface area contributed by atoms with Gasteiger partial charge in [-0.2, -0.15) is 0 Å². The first-order valence-electron chi connectivity index (χ1n) is 5.35. The van der Waals surface area contributed by atoms with Gasteiger partial charge in [-0.05, 0) is 20.8 Å². The minimum atomic E-state index is -0.0549. The highest BCUT2D eigenvalue weighted by atomic mass is 35.5. The Kier molecular flexibility index (Phi) is 3.04. The molecule has 2 heterocycles. The van der Waals surface area contributed by atoms with Crippen molar-refractivity contribution in [1.82, 2.24) is 9.97 Å². The number of hydrogen-bond donors (Lipinski definition) is 0. The van der Waals surface area contributed by atoms with E-state index in [1.54, 1.807) is 0 Å². The van der Waals surface area contributed by atoms with Gasteiger partial charge in [0.05, 0.1) is 18.8 Å². The Morgan fingerprint density at radius 3 is 2.88 bits per heavy atom. The molecule has 5 heteroatoms. The van der Waals surface area contributed by atoms with E-state index in [4.69, 9.17) is 16.3 Å². The number of morpholine rings is 1. The maximum atomic E-state index is 6.02. The summed E-state index contributed by atoms with van der Waals surface area (Å²) in [7, 11) is 0. The van der Waals surface area contributed by atoms with E-state index in [1.807, 2.05) is 6.92 Å². The Hall–Kier alpha value is -0.870. The Balaban J connectivity index is 2.39. The molecule has 0 saturated carbocycles. The average molecular weight is 242 g/mol. The van der Waals surface area contributed by atoms with Gasteiger partial charge in [0.15, 0.2) is 0 Å². The Morgan fingerprint density at radius 2 is 2.19 bits per heavy atom. The van der Waals surface area contributed by atoms with Crippen molar-refractivity contribution in [2.75, 3.05) is 24.7 Å². The van der Waals surface area contributed by atoms with Gasteiger partial charge in [0, 0.05) is 12.1 Å². The molecule has 4 nitrogen and oxygen atoms in total. The lowest BCUT2D eigenvalue weighted by Gasteiger charge is -2.43. The van der Waals surface area contributed by atoms with E-state index in [0.717, 1.165) is 24.5 Å². The molecular weight excluding hydrogens is 226 g/mol. The fourth-order valence-corrected chi connectivity index (χ4v) is 2.07. The first kappa shape index (κ1) is 11.6. The van der Waals surface area contributed by atoms with Crippen molar-refractivity contribution in [1.29, 1.82) is 0 Å². The quantitative estimate of drug-likeness (QED) is 0.706. The molecule has 0 amide bonds. The van der Waals surface area contributed by atoms with Gasteiger partial charge in [-0.3, -0.25) is 0 Å². The molecular formula is C11H16ClN3O. The molecule has 0 spiro atoms. The summed E-state index contributed by atoms with van der Waals surface area (Å²) in [5.41, 5.74) is 0.875. The smallest absolute Gasteiger partial charge is 0.137 e. The van der Waals surface area contributed by atoms with Crippen LogP contribution >= 0.6 is 11.6 Å². The fourth-order valence-electron chi connectivity index (χ4n) is 1.94. The molecule has 0 radical (unpaired) electrons. The fraction of sp³-hybridized carbons (Fsp3) is 0.636. The maximum absolute atomic E-state index is 6.02. The highest BCUT2D eigenvalue weighted by Gasteiger charge is 2.32. The van der Waals surface area contributed by atoms with E-state index >= 15 is 0 Å². The first-order valence-corrected chi connectivity index (χ1v) is 5.72. The number of ether oxygens (including phenoxy) is 1. The van der Waals surface area contributed by atoms with E-state index in [1.165, 1.54) is 6.33 Å². The van der Waals surface area contributed by atoms with E-state index < -0.39 is 0 Å². The van der Waals surface area contributed by atoms with Crippen molar-refractivity contribution in [2.45, 2.75) is 26.3 Å². The molecule has 1 aromatic heterocycles. The van der Waals surface area contributed by atoms with Crippen molar-refractivity contribution >= 4 is 17.4 Å².